The first kappa shape index (κ1) is 15.6. The number of amides is 1. The van der Waals surface area contributed by atoms with Crippen molar-refractivity contribution in [1.82, 2.24) is 5.32 Å². The molecule has 7 heteroatoms. The molecule has 0 saturated carbocycles. The average Bonchev–Trinajstić information content (AvgIpc) is 2.48. The molecule has 1 aromatic carbocycles. The Labute approximate surface area is 127 Å². The van der Waals surface area contributed by atoms with Crippen molar-refractivity contribution in [2.24, 2.45) is 0 Å². The van der Waals surface area contributed by atoms with E-state index in [1.807, 2.05) is 18.7 Å². The number of nitrogens with zero attached hydrogens (tertiary/aromatic N) is 1. The molecule has 0 aromatic heterocycles. The Morgan fingerprint density at radius 2 is 2.14 bits per heavy atom. The predicted octanol–water partition coefficient (Wildman–Crippen LogP) is 2.65. The van der Waals surface area contributed by atoms with Crippen LogP contribution in [-0.2, 0) is 0 Å². The topological polar surface area (TPSA) is 84.3 Å². The average molecular weight is 309 g/mol. The van der Waals surface area contributed by atoms with Crippen molar-refractivity contribution in [3.8, 4) is 0 Å². The number of nitro benzene ring substituents is 1. The fourth-order valence-electron chi connectivity index (χ4n) is 2.28. The molecule has 6 nitrogen and oxygen atoms in total. The number of nitro groups is 1. The van der Waals surface area contributed by atoms with Crippen LogP contribution < -0.4 is 10.6 Å². The largest absolute Gasteiger partial charge is 0.385 e. The second-order valence-corrected chi connectivity index (χ2v) is 6.10. The van der Waals surface area contributed by atoms with Crippen LogP contribution in [0, 0.1) is 10.1 Å². The van der Waals surface area contributed by atoms with Crippen LogP contribution in [0.15, 0.2) is 18.2 Å². The van der Waals surface area contributed by atoms with Crippen molar-refractivity contribution in [3.63, 3.8) is 0 Å². The van der Waals surface area contributed by atoms with Crippen LogP contribution >= 0.6 is 11.8 Å². The van der Waals surface area contributed by atoms with E-state index in [1.54, 1.807) is 6.07 Å². The number of rotatable bonds is 5. The van der Waals surface area contributed by atoms with E-state index >= 15 is 0 Å². The summed E-state index contributed by atoms with van der Waals surface area (Å²) in [7, 11) is 0. The summed E-state index contributed by atoms with van der Waals surface area (Å²) in [6.45, 7) is 2.57. The molecule has 0 bridgehead atoms. The number of non-ortho nitro benzene ring substituents is 1. The first-order valence-electron chi connectivity index (χ1n) is 7.02. The number of hydrogen-bond acceptors (Lipinski definition) is 5. The minimum absolute atomic E-state index is 0.0685. The van der Waals surface area contributed by atoms with E-state index in [0.717, 1.165) is 24.3 Å². The Balaban J connectivity index is 2.19. The highest BCUT2D eigenvalue weighted by Crippen LogP contribution is 2.23. The number of carbonyl (C=O) groups is 1. The third kappa shape index (κ3) is 4.10. The Morgan fingerprint density at radius 3 is 2.76 bits per heavy atom. The number of benzene rings is 1. The number of nitrogens with one attached hydrogen (secondary N) is 2. The zero-order valence-electron chi connectivity index (χ0n) is 11.9. The van der Waals surface area contributed by atoms with Crippen LogP contribution in [0.4, 0.5) is 11.4 Å². The van der Waals surface area contributed by atoms with Crippen molar-refractivity contribution in [2.45, 2.75) is 25.8 Å². The van der Waals surface area contributed by atoms with Crippen molar-refractivity contribution in [1.29, 1.82) is 0 Å². The highest BCUT2D eigenvalue weighted by Gasteiger charge is 2.20. The first-order chi connectivity index (χ1) is 10.1. The summed E-state index contributed by atoms with van der Waals surface area (Å²) in [6.07, 6.45) is 1.89. The molecular weight excluding hydrogens is 290 g/mol. The molecule has 1 amide bonds. The van der Waals surface area contributed by atoms with Crippen molar-refractivity contribution in [3.05, 3.63) is 33.9 Å². The molecular formula is C14H19N3O3S. The molecule has 2 rings (SSSR count). The van der Waals surface area contributed by atoms with E-state index in [0.29, 0.717) is 17.8 Å². The third-order valence-electron chi connectivity index (χ3n) is 3.38. The lowest BCUT2D eigenvalue weighted by atomic mass is 10.1. The van der Waals surface area contributed by atoms with Crippen LogP contribution in [0.1, 0.15) is 30.1 Å². The highest BCUT2D eigenvalue weighted by molar-refractivity contribution is 7.99. The summed E-state index contributed by atoms with van der Waals surface area (Å²) in [6, 6.07) is 4.50. The van der Waals surface area contributed by atoms with Gasteiger partial charge in [0.25, 0.3) is 11.6 Å². The fraction of sp³-hybridized carbons (Fsp3) is 0.500. The second kappa shape index (κ2) is 7.31. The van der Waals surface area contributed by atoms with Gasteiger partial charge in [0.2, 0.25) is 0 Å². The molecule has 1 fully saturated rings. The van der Waals surface area contributed by atoms with E-state index < -0.39 is 4.92 Å². The zero-order valence-corrected chi connectivity index (χ0v) is 12.7. The van der Waals surface area contributed by atoms with Gasteiger partial charge in [-0.05, 0) is 37.3 Å². The normalized spacial score (nSPS) is 15.5. The second-order valence-electron chi connectivity index (χ2n) is 4.88. The SMILES string of the molecule is CCNc1ccc([N+](=O)[O-])cc1C(=O)NC1CCSCC1. The van der Waals surface area contributed by atoms with Crippen molar-refractivity contribution in [2.75, 3.05) is 23.4 Å². The molecule has 0 atom stereocenters. The summed E-state index contributed by atoms with van der Waals surface area (Å²) >= 11 is 1.89. The molecule has 1 saturated heterocycles. The van der Waals surface area contributed by atoms with Crippen LogP contribution in [-0.4, -0.2) is 34.9 Å². The van der Waals surface area contributed by atoms with Gasteiger partial charge in [-0.25, -0.2) is 0 Å². The van der Waals surface area contributed by atoms with Crippen molar-refractivity contribution < 1.29 is 9.72 Å². The van der Waals surface area contributed by atoms with Gasteiger partial charge in [0.15, 0.2) is 0 Å². The lowest BCUT2D eigenvalue weighted by Gasteiger charge is -2.23. The molecule has 1 heterocycles. The number of hydrogen-bond donors (Lipinski definition) is 2. The lowest BCUT2D eigenvalue weighted by Crippen LogP contribution is -2.37. The van der Waals surface area contributed by atoms with E-state index in [4.69, 9.17) is 0 Å². The molecule has 0 radical (unpaired) electrons. The van der Waals surface area contributed by atoms with E-state index in [2.05, 4.69) is 10.6 Å². The standard InChI is InChI=1S/C14H19N3O3S/c1-2-15-13-4-3-11(17(19)20)9-12(13)14(18)16-10-5-7-21-8-6-10/h3-4,9-10,15H,2,5-8H2,1H3,(H,16,18). The fourth-order valence-corrected chi connectivity index (χ4v) is 3.39. The molecule has 2 N–H and O–H groups in total. The van der Waals surface area contributed by atoms with Gasteiger partial charge in [0.05, 0.1) is 10.5 Å². The zero-order chi connectivity index (χ0) is 15.2. The summed E-state index contributed by atoms with van der Waals surface area (Å²) in [4.78, 5) is 22.8. The van der Waals surface area contributed by atoms with Gasteiger partial charge >= 0.3 is 0 Å². The van der Waals surface area contributed by atoms with Gasteiger partial charge in [-0.3, -0.25) is 14.9 Å². The monoisotopic (exact) mass is 309 g/mol. The van der Waals surface area contributed by atoms with Crippen LogP contribution in [0.5, 0.6) is 0 Å². The highest BCUT2D eigenvalue weighted by atomic mass is 32.2. The molecule has 114 valence electrons. The third-order valence-corrected chi connectivity index (χ3v) is 4.43. The summed E-state index contributed by atoms with van der Waals surface area (Å²) in [5.41, 5.74) is 0.899. The van der Waals surface area contributed by atoms with Gasteiger partial charge in [0.1, 0.15) is 0 Å². The number of carbonyl (C=O) groups excluding carboxylic acids is 1. The molecule has 1 aliphatic rings. The minimum Gasteiger partial charge on any atom is -0.385 e. The molecule has 0 aliphatic carbocycles. The maximum atomic E-state index is 12.4. The predicted molar refractivity (Wildman–Crippen MR) is 85.1 cm³/mol. The molecule has 0 spiro atoms. The van der Waals surface area contributed by atoms with Gasteiger partial charge in [-0.1, -0.05) is 0 Å². The molecule has 0 unspecified atom stereocenters. The summed E-state index contributed by atoms with van der Waals surface area (Å²) in [5.74, 6) is 1.84. The Hall–Kier alpha value is -1.76. The van der Waals surface area contributed by atoms with Gasteiger partial charge in [-0.15, -0.1) is 0 Å². The van der Waals surface area contributed by atoms with Crippen molar-refractivity contribution >= 4 is 29.0 Å². The Morgan fingerprint density at radius 1 is 1.43 bits per heavy atom. The summed E-state index contributed by atoms with van der Waals surface area (Å²) < 4.78 is 0. The smallest absolute Gasteiger partial charge is 0.270 e. The first-order valence-corrected chi connectivity index (χ1v) is 8.18. The minimum atomic E-state index is -0.482. The number of anilines is 1. The Kier molecular flexibility index (Phi) is 5.44. The lowest BCUT2D eigenvalue weighted by molar-refractivity contribution is -0.384. The quantitative estimate of drug-likeness (QED) is 0.645. The van der Waals surface area contributed by atoms with E-state index in [1.165, 1.54) is 12.1 Å². The van der Waals surface area contributed by atoms with Crippen LogP contribution in [0.2, 0.25) is 0 Å². The number of thioether (sulfide) groups is 1. The van der Waals surface area contributed by atoms with E-state index in [-0.39, 0.29) is 17.6 Å². The van der Waals surface area contributed by atoms with Crippen LogP contribution in [0.3, 0.4) is 0 Å². The van der Waals surface area contributed by atoms with Gasteiger partial charge in [-0.2, -0.15) is 11.8 Å². The summed E-state index contributed by atoms with van der Waals surface area (Å²) in [5, 5.41) is 16.9. The molecule has 1 aliphatic heterocycles. The van der Waals surface area contributed by atoms with E-state index in [9.17, 15) is 14.9 Å². The van der Waals surface area contributed by atoms with Crippen LogP contribution in [0.25, 0.3) is 0 Å². The molecule has 1 aromatic rings. The molecule has 21 heavy (non-hydrogen) atoms. The van der Waals surface area contributed by atoms with Gasteiger partial charge in [0, 0.05) is 30.4 Å². The maximum absolute atomic E-state index is 12.4. The van der Waals surface area contributed by atoms with Gasteiger partial charge < -0.3 is 10.6 Å². The Bertz CT molecular complexity index is 530. The maximum Gasteiger partial charge on any atom is 0.270 e.